The molecule has 2 nitrogen and oxygen atoms in total. The summed E-state index contributed by atoms with van der Waals surface area (Å²) in [4.78, 5) is 0. The number of halogens is 2. The molecule has 1 rings (SSSR count). The maximum atomic E-state index is 13.5. The van der Waals surface area contributed by atoms with Gasteiger partial charge in [-0.1, -0.05) is 17.7 Å². The molecule has 0 aliphatic carbocycles. The lowest BCUT2D eigenvalue weighted by molar-refractivity contribution is 0.320. The van der Waals surface area contributed by atoms with Gasteiger partial charge < -0.3 is 4.74 Å². The number of hydrogen-bond acceptors (Lipinski definition) is 2. The van der Waals surface area contributed by atoms with Crippen molar-refractivity contribution in [2.75, 3.05) is 6.61 Å². The fourth-order valence-electron chi connectivity index (χ4n) is 1.07. The Hall–Kier alpha value is -1.27. The Morgan fingerprint density at radius 2 is 2.29 bits per heavy atom. The quantitative estimate of drug-likeness (QED) is 0.774. The molecule has 0 unspecified atom stereocenters. The topological polar surface area (TPSA) is 33.0 Å². The van der Waals surface area contributed by atoms with Crippen molar-refractivity contribution in [2.45, 2.75) is 13.3 Å². The van der Waals surface area contributed by atoms with Gasteiger partial charge in [0.15, 0.2) is 11.6 Å². The maximum absolute atomic E-state index is 13.5. The lowest BCUT2D eigenvalue weighted by Gasteiger charge is -2.08. The van der Waals surface area contributed by atoms with Crippen molar-refractivity contribution in [2.24, 2.45) is 0 Å². The molecule has 0 heterocycles. The molecule has 0 aliphatic heterocycles. The SMILES string of the molecule is CCOc1c(Cl)ccc(CC#N)c1F. The summed E-state index contributed by atoms with van der Waals surface area (Å²) in [6.45, 7) is 2.08. The summed E-state index contributed by atoms with van der Waals surface area (Å²) in [6.07, 6.45) is 0.0169. The Labute approximate surface area is 86.9 Å². The van der Waals surface area contributed by atoms with E-state index in [1.165, 1.54) is 12.1 Å². The number of hydrogen-bond donors (Lipinski definition) is 0. The van der Waals surface area contributed by atoms with E-state index >= 15 is 0 Å². The van der Waals surface area contributed by atoms with Crippen LogP contribution in [-0.2, 0) is 6.42 Å². The average Bonchev–Trinajstić information content (AvgIpc) is 2.17. The van der Waals surface area contributed by atoms with Crippen LogP contribution in [0.4, 0.5) is 4.39 Å². The standard InChI is InChI=1S/C10H9ClFNO/c1-2-14-10-8(11)4-3-7(5-6-13)9(10)12/h3-4H,2,5H2,1H3. The highest BCUT2D eigenvalue weighted by atomic mass is 35.5. The molecule has 74 valence electrons. The monoisotopic (exact) mass is 213 g/mol. The van der Waals surface area contributed by atoms with Gasteiger partial charge in [-0.15, -0.1) is 0 Å². The van der Waals surface area contributed by atoms with Gasteiger partial charge in [0.2, 0.25) is 0 Å². The molecule has 0 aliphatic rings. The van der Waals surface area contributed by atoms with Crippen LogP contribution in [0.3, 0.4) is 0 Å². The van der Waals surface area contributed by atoms with Crippen LogP contribution in [0.25, 0.3) is 0 Å². The highest BCUT2D eigenvalue weighted by molar-refractivity contribution is 6.32. The van der Waals surface area contributed by atoms with Gasteiger partial charge >= 0.3 is 0 Å². The molecule has 1 aromatic carbocycles. The third kappa shape index (κ3) is 2.15. The van der Waals surface area contributed by atoms with E-state index in [1.54, 1.807) is 6.92 Å². The van der Waals surface area contributed by atoms with Gasteiger partial charge in [-0.25, -0.2) is 4.39 Å². The number of rotatable bonds is 3. The number of nitriles is 1. The zero-order chi connectivity index (χ0) is 10.6. The lowest BCUT2D eigenvalue weighted by atomic mass is 10.1. The van der Waals surface area contributed by atoms with Crippen molar-refractivity contribution in [1.29, 1.82) is 5.26 Å². The van der Waals surface area contributed by atoms with E-state index in [4.69, 9.17) is 21.6 Å². The van der Waals surface area contributed by atoms with Crippen molar-refractivity contribution in [3.63, 3.8) is 0 Å². The minimum atomic E-state index is -0.541. The van der Waals surface area contributed by atoms with Crippen LogP contribution < -0.4 is 4.74 Å². The third-order valence-electron chi connectivity index (χ3n) is 1.69. The predicted octanol–water partition coefficient (Wildman–Crippen LogP) is 2.94. The normalized spacial score (nSPS) is 9.57. The van der Waals surface area contributed by atoms with E-state index in [1.807, 2.05) is 6.07 Å². The Bertz CT molecular complexity index is 373. The largest absolute Gasteiger partial charge is 0.489 e. The molecule has 0 saturated heterocycles. The van der Waals surface area contributed by atoms with E-state index < -0.39 is 5.82 Å². The van der Waals surface area contributed by atoms with E-state index in [-0.39, 0.29) is 17.2 Å². The van der Waals surface area contributed by atoms with Gasteiger partial charge in [0, 0.05) is 5.56 Å². The summed E-state index contributed by atoms with van der Waals surface area (Å²) in [5, 5.41) is 8.67. The van der Waals surface area contributed by atoms with E-state index in [0.717, 1.165) is 0 Å². The van der Waals surface area contributed by atoms with Gasteiger partial charge in [-0.05, 0) is 13.0 Å². The molecule has 14 heavy (non-hydrogen) atoms. The maximum Gasteiger partial charge on any atom is 0.173 e. The second-order valence-corrected chi connectivity index (χ2v) is 3.02. The van der Waals surface area contributed by atoms with E-state index in [0.29, 0.717) is 12.2 Å². The predicted molar refractivity (Wildman–Crippen MR) is 51.9 cm³/mol. The van der Waals surface area contributed by atoms with E-state index in [9.17, 15) is 4.39 Å². The van der Waals surface area contributed by atoms with Gasteiger partial charge in [-0.2, -0.15) is 5.26 Å². The summed E-state index contributed by atoms with van der Waals surface area (Å²) >= 11 is 5.73. The highest BCUT2D eigenvalue weighted by Gasteiger charge is 2.12. The molecule has 0 atom stereocenters. The fraction of sp³-hybridized carbons (Fsp3) is 0.300. The summed E-state index contributed by atoms with van der Waals surface area (Å²) in [5.74, 6) is -0.511. The van der Waals surface area contributed by atoms with Crippen LogP contribution in [-0.4, -0.2) is 6.61 Å². The molecule has 0 N–H and O–H groups in total. The molecular weight excluding hydrogens is 205 g/mol. The van der Waals surface area contributed by atoms with Crippen molar-refractivity contribution < 1.29 is 9.13 Å². The second kappa shape index (κ2) is 4.83. The minimum absolute atomic E-state index is 0.0169. The molecule has 0 radical (unpaired) electrons. The zero-order valence-corrected chi connectivity index (χ0v) is 8.44. The van der Waals surface area contributed by atoms with Gasteiger partial charge in [-0.3, -0.25) is 0 Å². The van der Waals surface area contributed by atoms with Crippen LogP contribution in [0.2, 0.25) is 5.02 Å². The van der Waals surface area contributed by atoms with Crippen LogP contribution >= 0.6 is 11.6 Å². The van der Waals surface area contributed by atoms with Crippen LogP contribution in [0.1, 0.15) is 12.5 Å². The molecular formula is C10H9ClFNO. The number of nitrogens with zero attached hydrogens (tertiary/aromatic N) is 1. The first kappa shape index (κ1) is 10.8. The summed E-state index contributed by atoms with van der Waals surface area (Å²) in [7, 11) is 0. The highest BCUT2D eigenvalue weighted by Crippen LogP contribution is 2.30. The molecule has 0 spiro atoms. The Kier molecular flexibility index (Phi) is 3.73. The molecule has 1 aromatic rings. The lowest BCUT2D eigenvalue weighted by Crippen LogP contribution is -1.98. The van der Waals surface area contributed by atoms with Crippen LogP contribution in [0.15, 0.2) is 12.1 Å². The smallest absolute Gasteiger partial charge is 0.173 e. The van der Waals surface area contributed by atoms with Crippen molar-refractivity contribution in [1.82, 2.24) is 0 Å². The van der Waals surface area contributed by atoms with Gasteiger partial charge in [0.05, 0.1) is 24.1 Å². The molecule has 0 amide bonds. The van der Waals surface area contributed by atoms with Crippen molar-refractivity contribution in [3.8, 4) is 11.8 Å². The van der Waals surface area contributed by atoms with Crippen molar-refractivity contribution >= 4 is 11.6 Å². The van der Waals surface area contributed by atoms with Gasteiger partial charge in [0.25, 0.3) is 0 Å². The first-order chi connectivity index (χ1) is 6.70. The Balaban J connectivity index is 3.13. The summed E-state index contributed by atoms with van der Waals surface area (Å²) in [5.41, 5.74) is 0.306. The molecule has 0 bridgehead atoms. The fourth-order valence-corrected chi connectivity index (χ4v) is 1.27. The molecule has 0 saturated carbocycles. The Morgan fingerprint density at radius 3 is 2.86 bits per heavy atom. The third-order valence-corrected chi connectivity index (χ3v) is 1.98. The summed E-state index contributed by atoms with van der Waals surface area (Å²) in [6, 6.07) is 4.89. The number of ether oxygens (including phenoxy) is 1. The average molecular weight is 214 g/mol. The first-order valence-electron chi connectivity index (χ1n) is 4.17. The second-order valence-electron chi connectivity index (χ2n) is 2.62. The minimum Gasteiger partial charge on any atom is -0.489 e. The van der Waals surface area contributed by atoms with Crippen LogP contribution in [0, 0.1) is 17.1 Å². The zero-order valence-electron chi connectivity index (χ0n) is 7.68. The number of benzene rings is 1. The van der Waals surface area contributed by atoms with Crippen LogP contribution in [0.5, 0.6) is 5.75 Å². The Morgan fingerprint density at radius 1 is 1.57 bits per heavy atom. The molecule has 0 fully saturated rings. The van der Waals surface area contributed by atoms with E-state index in [2.05, 4.69) is 0 Å². The van der Waals surface area contributed by atoms with Gasteiger partial charge in [0.1, 0.15) is 0 Å². The molecule has 0 aromatic heterocycles. The van der Waals surface area contributed by atoms with Crippen molar-refractivity contribution in [3.05, 3.63) is 28.5 Å². The summed E-state index contributed by atoms with van der Waals surface area (Å²) < 4.78 is 18.6. The molecule has 4 heteroatoms. The first-order valence-corrected chi connectivity index (χ1v) is 4.55.